The van der Waals surface area contributed by atoms with E-state index in [0.29, 0.717) is 30.5 Å². The first-order valence-corrected chi connectivity index (χ1v) is 6.79. The van der Waals surface area contributed by atoms with Crippen LogP contribution in [0.2, 0.25) is 0 Å². The van der Waals surface area contributed by atoms with Gasteiger partial charge >= 0.3 is 0 Å². The van der Waals surface area contributed by atoms with Crippen molar-refractivity contribution in [1.82, 2.24) is 0 Å². The SMILES string of the molecule is CCC[C@H]1CC[C@@H]2O[C@@H]3C[C@]2(C[C@H]2OC23)O1. The maximum absolute atomic E-state index is 6.40. The highest BCUT2D eigenvalue weighted by Gasteiger charge is 2.66. The summed E-state index contributed by atoms with van der Waals surface area (Å²) in [5.74, 6) is 0. The summed E-state index contributed by atoms with van der Waals surface area (Å²) in [6, 6.07) is 0. The molecular formula is C13H20O3. The topological polar surface area (TPSA) is 31.0 Å². The van der Waals surface area contributed by atoms with Gasteiger partial charge < -0.3 is 14.2 Å². The van der Waals surface area contributed by atoms with Crippen LogP contribution < -0.4 is 0 Å². The number of ether oxygens (including phenoxy) is 3. The standard InChI is InChI=1S/C13H20O3/c1-2-3-8-4-5-11-13(16-8)6-9(14-11)12-10(7-13)15-12/h8-12H,2-7H2,1H3/t8-,9+,10+,11-,12?,13+/m0/s1. The van der Waals surface area contributed by atoms with Gasteiger partial charge in [0.25, 0.3) is 0 Å². The maximum atomic E-state index is 6.40. The van der Waals surface area contributed by atoms with E-state index < -0.39 is 0 Å². The Morgan fingerprint density at radius 3 is 2.75 bits per heavy atom. The highest BCUT2D eigenvalue weighted by molar-refractivity contribution is 5.14. The molecule has 1 aliphatic carbocycles. The number of epoxide rings is 1. The van der Waals surface area contributed by atoms with Gasteiger partial charge in [0.2, 0.25) is 0 Å². The zero-order valence-corrected chi connectivity index (χ0v) is 9.85. The van der Waals surface area contributed by atoms with Gasteiger partial charge in [0, 0.05) is 12.8 Å². The van der Waals surface area contributed by atoms with Crippen molar-refractivity contribution in [2.45, 2.75) is 81.6 Å². The molecule has 2 bridgehead atoms. The molecule has 4 rings (SSSR count). The quantitative estimate of drug-likeness (QED) is 0.672. The van der Waals surface area contributed by atoms with Gasteiger partial charge in [-0.25, -0.2) is 0 Å². The van der Waals surface area contributed by atoms with Crippen LogP contribution in [0.1, 0.15) is 45.4 Å². The van der Waals surface area contributed by atoms with Gasteiger partial charge in [-0.05, 0) is 19.3 Å². The molecule has 0 N–H and O–H groups in total. The summed E-state index contributed by atoms with van der Waals surface area (Å²) in [5, 5.41) is 0. The molecule has 16 heavy (non-hydrogen) atoms. The van der Waals surface area contributed by atoms with Crippen LogP contribution in [0.5, 0.6) is 0 Å². The van der Waals surface area contributed by atoms with Crippen molar-refractivity contribution in [3.05, 3.63) is 0 Å². The fourth-order valence-corrected chi connectivity index (χ4v) is 4.01. The minimum atomic E-state index is 0.0282. The van der Waals surface area contributed by atoms with Crippen molar-refractivity contribution in [3.8, 4) is 0 Å². The van der Waals surface area contributed by atoms with Crippen LogP contribution in [-0.4, -0.2) is 36.1 Å². The molecule has 1 spiro atoms. The van der Waals surface area contributed by atoms with Gasteiger partial charge in [0.1, 0.15) is 6.10 Å². The molecule has 90 valence electrons. The Kier molecular flexibility index (Phi) is 1.98. The lowest BCUT2D eigenvalue weighted by Crippen LogP contribution is -2.50. The molecule has 3 aliphatic heterocycles. The van der Waals surface area contributed by atoms with Crippen LogP contribution in [0.4, 0.5) is 0 Å². The Morgan fingerprint density at radius 2 is 1.94 bits per heavy atom. The van der Waals surface area contributed by atoms with Gasteiger partial charge in [-0.15, -0.1) is 0 Å². The molecule has 6 atom stereocenters. The monoisotopic (exact) mass is 224 g/mol. The Balaban J connectivity index is 1.56. The van der Waals surface area contributed by atoms with E-state index >= 15 is 0 Å². The van der Waals surface area contributed by atoms with Gasteiger partial charge in [-0.3, -0.25) is 0 Å². The van der Waals surface area contributed by atoms with Crippen molar-refractivity contribution in [1.29, 1.82) is 0 Å². The first kappa shape index (κ1) is 9.86. The molecule has 3 nitrogen and oxygen atoms in total. The second kappa shape index (κ2) is 3.21. The van der Waals surface area contributed by atoms with E-state index in [0.717, 1.165) is 12.8 Å². The van der Waals surface area contributed by atoms with Crippen molar-refractivity contribution < 1.29 is 14.2 Å². The summed E-state index contributed by atoms with van der Waals surface area (Å²) in [6.45, 7) is 2.24. The van der Waals surface area contributed by atoms with E-state index in [1.165, 1.54) is 25.7 Å². The predicted molar refractivity (Wildman–Crippen MR) is 58.3 cm³/mol. The van der Waals surface area contributed by atoms with E-state index in [-0.39, 0.29) is 5.60 Å². The Morgan fingerprint density at radius 1 is 1.12 bits per heavy atom. The molecule has 3 heterocycles. The lowest BCUT2D eigenvalue weighted by Gasteiger charge is -2.42. The molecule has 0 aromatic heterocycles. The third kappa shape index (κ3) is 1.25. The Hall–Kier alpha value is -0.120. The first-order valence-electron chi connectivity index (χ1n) is 6.79. The second-order valence-corrected chi connectivity index (χ2v) is 5.88. The molecule has 0 radical (unpaired) electrons. The molecule has 0 aromatic rings. The van der Waals surface area contributed by atoms with Crippen LogP contribution in [0.3, 0.4) is 0 Å². The van der Waals surface area contributed by atoms with Crippen molar-refractivity contribution in [2.75, 3.05) is 0 Å². The first-order chi connectivity index (χ1) is 7.81. The van der Waals surface area contributed by atoms with Crippen LogP contribution in [-0.2, 0) is 14.2 Å². The minimum absolute atomic E-state index is 0.0282. The summed E-state index contributed by atoms with van der Waals surface area (Å²) >= 11 is 0. The smallest absolute Gasteiger partial charge is 0.110 e. The highest BCUT2D eigenvalue weighted by Crippen LogP contribution is 2.55. The zero-order valence-electron chi connectivity index (χ0n) is 9.85. The number of rotatable bonds is 2. The van der Waals surface area contributed by atoms with Crippen molar-refractivity contribution >= 4 is 0 Å². The van der Waals surface area contributed by atoms with Crippen LogP contribution in [0.25, 0.3) is 0 Å². The summed E-state index contributed by atoms with van der Waals surface area (Å²) in [6.07, 6.45) is 8.99. The summed E-state index contributed by atoms with van der Waals surface area (Å²) in [5.41, 5.74) is 0.0282. The summed E-state index contributed by atoms with van der Waals surface area (Å²) < 4.78 is 18.2. The molecular weight excluding hydrogens is 204 g/mol. The van der Waals surface area contributed by atoms with Gasteiger partial charge in [-0.2, -0.15) is 0 Å². The fourth-order valence-electron chi connectivity index (χ4n) is 4.01. The molecule has 0 amide bonds. The third-order valence-electron chi connectivity index (χ3n) is 4.77. The average molecular weight is 224 g/mol. The Labute approximate surface area is 96.4 Å². The van der Waals surface area contributed by atoms with E-state index in [9.17, 15) is 0 Å². The third-order valence-corrected chi connectivity index (χ3v) is 4.77. The molecule has 3 heteroatoms. The number of fused-ring (bicyclic) bond motifs is 3. The molecule has 4 fully saturated rings. The molecule has 1 unspecified atom stereocenters. The largest absolute Gasteiger partial charge is 0.369 e. The molecule has 0 aromatic carbocycles. The van der Waals surface area contributed by atoms with E-state index in [1.54, 1.807) is 0 Å². The fraction of sp³-hybridized carbons (Fsp3) is 1.00. The van der Waals surface area contributed by atoms with Crippen LogP contribution in [0.15, 0.2) is 0 Å². The van der Waals surface area contributed by atoms with E-state index in [1.807, 2.05) is 0 Å². The van der Waals surface area contributed by atoms with Gasteiger partial charge in [0.05, 0.1) is 30.0 Å². The molecule has 3 saturated heterocycles. The molecule has 1 saturated carbocycles. The van der Waals surface area contributed by atoms with Gasteiger partial charge in [-0.1, -0.05) is 13.3 Å². The lowest BCUT2D eigenvalue weighted by atomic mass is 9.78. The average Bonchev–Trinajstić information content (AvgIpc) is 2.94. The van der Waals surface area contributed by atoms with Crippen molar-refractivity contribution in [3.63, 3.8) is 0 Å². The molecule has 4 aliphatic rings. The predicted octanol–water partition coefficient (Wildman–Crippen LogP) is 2.03. The van der Waals surface area contributed by atoms with Crippen LogP contribution in [0, 0.1) is 0 Å². The zero-order chi connectivity index (χ0) is 10.8. The summed E-state index contributed by atoms with van der Waals surface area (Å²) in [7, 11) is 0. The number of hydrogen-bond donors (Lipinski definition) is 0. The van der Waals surface area contributed by atoms with Crippen molar-refractivity contribution in [2.24, 2.45) is 0 Å². The Bertz CT molecular complexity index is 302. The maximum Gasteiger partial charge on any atom is 0.110 e. The summed E-state index contributed by atoms with van der Waals surface area (Å²) in [4.78, 5) is 0. The highest BCUT2D eigenvalue weighted by atomic mass is 16.6. The minimum Gasteiger partial charge on any atom is -0.369 e. The van der Waals surface area contributed by atoms with Crippen LogP contribution >= 0.6 is 0 Å². The van der Waals surface area contributed by atoms with E-state index in [4.69, 9.17) is 14.2 Å². The van der Waals surface area contributed by atoms with Gasteiger partial charge in [0.15, 0.2) is 0 Å². The number of hydrogen-bond acceptors (Lipinski definition) is 3. The second-order valence-electron chi connectivity index (χ2n) is 5.88. The van der Waals surface area contributed by atoms with E-state index in [2.05, 4.69) is 6.92 Å². The lowest BCUT2D eigenvalue weighted by molar-refractivity contribution is -0.171. The normalized spacial score (nSPS) is 57.9.